The van der Waals surface area contributed by atoms with Crippen molar-refractivity contribution in [2.24, 2.45) is 7.05 Å². The molecular formula is C22H27F3N4O2. The number of alkyl halides is 3. The van der Waals surface area contributed by atoms with E-state index in [0.717, 1.165) is 12.5 Å². The summed E-state index contributed by atoms with van der Waals surface area (Å²) in [6.45, 7) is 2.00. The molecule has 0 spiro atoms. The van der Waals surface area contributed by atoms with Gasteiger partial charge in [-0.15, -0.1) is 0 Å². The van der Waals surface area contributed by atoms with Crippen molar-refractivity contribution in [3.05, 3.63) is 47.7 Å². The summed E-state index contributed by atoms with van der Waals surface area (Å²) < 4.78 is 47.0. The Morgan fingerprint density at radius 1 is 1.26 bits per heavy atom. The molecule has 1 aromatic carbocycles. The lowest BCUT2D eigenvalue weighted by Gasteiger charge is -2.40. The number of amides is 1. The molecule has 2 fully saturated rings. The average Bonchev–Trinajstić information content (AvgIpc) is 3.19. The number of nitrogens with one attached hydrogen (secondary N) is 1. The third-order valence-corrected chi connectivity index (χ3v) is 6.35. The van der Waals surface area contributed by atoms with Gasteiger partial charge in [-0.3, -0.25) is 14.4 Å². The van der Waals surface area contributed by atoms with Crippen LogP contribution in [0.25, 0.3) is 0 Å². The zero-order valence-corrected chi connectivity index (χ0v) is 17.5. The molecular weight excluding hydrogens is 409 g/mol. The fraction of sp³-hybridized carbons (Fsp3) is 0.545. The first-order valence-electron chi connectivity index (χ1n) is 10.6. The lowest BCUT2D eigenvalue weighted by Crippen LogP contribution is -2.54. The molecule has 6 nitrogen and oxygen atoms in total. The number of hydrogen-bond donors (Lipinski definition) is 1. The molecule has 1 aromatic heterocycles. The number of nitrogens with zero attached hydrogens (tertiary/aromatic N) is 3. The minimum absolute atomic E-state index is 0.0452. The topological polar surface area (TPSA) is 59.4 Å². The third-order valence-electron chi connectivity index (χ3n) is 6.35. The van der Waals surface area contributed by atoms with Crippen LogP contribution in [0.2, 0.25) is 0 Å². The van der Waals surface area contributed by atoms with Crippen molar-refractivity contribution in [1.29, 1.82) is 0 Å². The second-order valence-electron chi connectivity index (χ2n) is 8.38. The summed E-state index contributed by atoms with van der Waals surface area (Å²) in [5.74, 6) is 0.578. The van der Waals surface area contributed by atoms with Crippen molar-refractivity contribution in [3.63, 3.8) is 0 Å². The maximum Gasteiger partial charge on any atom is 0.416 e. The Labute approximate surface area is 179 Å². The Kier molecular flexibility index (Phi) is 6.07. The highest BCUT2D eigenvalue weighted by Gasteiger charge is 2.39. The van der Waals surface area contributed by atoms with Crippen LogP contribution in [0.15, 0.2) is 36.5 Å². The summed E-state index contributed by atoms with van der Waals surface area (Å²) in [7, 11) is 1.80. The molecule has 2 aliphatic rings. The van der Waals surface area contributed by atoms with Crippen LogP contribution in [-0.2, 0) is 28.2 Å². The van der Waals surface area contributed by atoms with Gasteiger partial charge in [0.05, 0.1) is 11.6 Å². The van der Waals surface area contributed by atoms with Crippen LogP contribution < -0.4 is 10.2 Å². The van der Waals surface area contributed by atoms with Gasteiger partial charge < -0.3 is 10.1 Å². The van der Waals surface area contributed by atoms with E-state index in [1.54, 1.807) is 28.9 Å². The third kappa shape index (κ3) is 4.62. The van der Waals surface area contributed by atoms with E-state index in [0.29, 0.717) is 56.9 Å². The van der Waals surface area contributed by atoms with Gasteiger partial charge in [-0.05, 0) is 37.3 Å². The maximum absolute atomic E-state index is 13.3. The Morgan fingerprint density at radius 3 is 2.71 bits per heavy atom. The average molecular weight is 436 g/mol. The van der Waals surface area contributed by atoms with Crippen LogP contribution in [0.3, 0.4) is 0 Å². The molecule has 2 saturated heterocycles. The number of anilines is 1. The van der Waals surface area contributed by atoms with Gasteiger partial charge in [0.1, 0.15) is 0 Å². The van der Waals surface area contributed by atoms with Gasteiger partial charge in [0.2, 0.25) is 5.91 Å². The lowest BCUT2D eigenvalue weighted by atomic mass is 9.73. The minimum Gasteiger partial charge on any atom is -0.381 e. The molecule has 168 valence electrons. The number of aromatic nitrogens is 2. The second-order valence-corrected chi connectivity index (χ2v) is 8.38. The molecule has 0 saturated carbocycles. The summed E-state index contributed by atoms with van der Waals surface area (Å²) in [6, 6.07) is 6.98. The van der Waals surface area contributed by atoms with Crippen LogP contribution in [-0.4, -0.2) is 48.0 Å². The van der Waals surface area contributed by atoms with E-state index < -0.39 is 17.2 Å². The standard InChI is InChI=1S/C22H27F3N4O2/c1-28-11-7-19(27-28)29-10-3-6-18(20(29)30)26-15-21(8-12-31-13-9-21)16-4-2-5-17(14-16)22(23,24)25/h2,4-5,7,11,14,18,26H,3,6,8-10,12-13,15H2,1H3. The highest BCUT2D eigenvalue weighted by molar-refractivity contribution is 5.97. The summed E-state index contributed by atoms with van der Waals surface area (Å²) >= 11 is 0. The number of carbonyl (C=O) groups is 1. The molecule has 3 heterocycles. The van der Waals surface area contributed by atoms with Crippen molar-refractivity contribution >= 4 is 11.7 Å². The van der Waals surface area contributed by atoms with Gasteiger partial charge >= 0.3 is 6.18 Å². The number of benzene rings is 1. The molecule has 31 heavy (non-hydrogen) atoms. The molecule has 0 aliphatic carbocycles. The van der Waals surface area contributed by atoms with Crippen LogP contribution in [0.4, 0.5) is 19.0 Å². The molecule has 2 aromatic rings. The number of carbonyl (C=O) groups excluding carboxylic acids is 1. The number of ether oxygens (including phenoxy) is 1. The van der Waals surface area contributed by atoms with E-state index in [4.69, 9.17) is 4.74 Å². The fourth-order valence-corrected chi connectivity index (χ4v) is 4.51. The normalized spacial score (nSPS) is 22.0. The van der Waals surface area contributed by atoms with Crippen LogP contribution in [0, 0.1) is 0 Å². The molecule has 2 aliphatic heterocycles. The second kappa shape index (κ2) is 8.63. The lowest BCUT2D eigenvalue weighted by molar-refractivity contribution is -0.137. The predicted octanol–water partition coefficient (Wildman–Crippen LogP) is 3.27. The van der Waals surface area contributed by atoms with Crippen LogP contribution >= 0.6 is 0 Å². The highest BCUT2D eigenvalue weighted by Crippen LogP contribution is 2.38. The molecule has 1 unspecified atom stereocenters. The Bertz CT molecular complexity index is 921. The first-order valence-corrected chi connectivity index (χ1v) is 10.6. The predicted molar refractivity (Wildman–Crippen MR) is 110 cm³/mol. The van der Waals surface area contributed by atoms with E-state index in [1.165, 1.54) is 12.1 Å². The van der Waals surface area contributed by atoms with Crippen molar-refractivity contribution in [3.8, 4) is 0 Å². The fourth-order valence-electron chi connectivity index (χ4n) is 4.51. The van der Waals surface area contributed by atoms with Gasteiger partial charge in [-0.1, -0.05) is 18.2 Å². The largest absolute Gasteiger partial charge is 0.416 e. The van der Waals surface area contributed by atoms with Crippen molar-refractivity contribution in [2.45, 2.75) is 43.3 Å². The summed E-state index contributed by atoms with van der Waals surface area (Å²) in [5.41, 5.74) is -0.513. The molecule has 1 N–H and O–H groups in total. The van der Waals surface area contributed by atoms with Gasteiger partial charge in [0.25, 0.3) is 0 Å². The van der Waals surface area contributed by atoms with Gasteiger partial charge in [-0.2, -0.15) is 18.3 Å². The zero-order valence-electron chi connectivity index (χ0n) is 17.5. The minimum atomic E-state index is -4.39. The first-order chi connectivity index (χ1) is 14.8. The van der Waals surface area contributed by atoms with Gasteiger partial charge in [0.15, 0.2) is 5.82 Å². The van der Waals surface area contributed by atoms with Gasteiger partial charge in [-0.25, -0.2) is 0 Å². The van der Waals surface area contributed by atoms with E-state index in [1.807, 2.05) is 6.07 Å². The monoisotopic (exact) mass is 436 g/mol. The molecule has 1 atom stereocenters. The Morgan fingerprint density at radius 2 is 2.03 bits per heavy atom. The molecule has 4 rings (SSSR count). The SMILES string of the molecule is Cn1ccc(N2CCCC(NCC3(c4cccc(C(F)(F)F)c4)CCOCC3)C2=O)n1. The van der Waals surface area contributed by atoms with Crippen molar-refractivity contribution < 1.29 is 22.7 Å². The zero-order chi connectivity index (χ0) is 22.1. The van der Waals surface area contributed by atoms with Gasteiger partial charge in [0, 0.05) is 51.0 Å². The van der Waals surface area contributed by atoms with Crippen LogP contribution in [0.5, 0.6) is 0 Å². The molecule has 0 radical (unpaired) electrons. The van der Waals surface area contributed by atoms with E-state index in [9.17, 15) is 18.0 Å². The summed E-state index contributed by atoms with van der Waals surface area (Å²) in [5, 5.41) is 7.72. The molecule has 9 heteroatoms. The summed E-state index contributed by atoms with van der Waals surface area (Å²) in [6.07, 6.45) is 0.137. The Hall–Kier alpha value is -2.39. The number of aryl methyl sites for hydroxylation is 1. The smallest absolute Gasteiger partial charge is 0.381 e. The quantitative estimate of drug-likeness (QED) is 0.782. The number of piperidine rings is 1. The first kappa shape index (κ1) is 21.8. The summed E-state index contributed by atoms with van der Waals surface area (Å²) in [4.78, 5) is 14.8. The van der Waals surface area contributed by atoms with E-state index >= 15 is 0 Å². The molecule has 0 bridgehead atoms. The van der Waals surface area contributed by atoms with Crippen molar-refractivity contribution in [2.75, 3.05) is 31.2 Å². The van der Waals surface area contributed by atoms with E-state index in [2.05, 4.69) is 10.4 Å². The number of halogens is 3. The highest BCUT2D eigenvalue weighted by atomic mass is 19.4. The van der Waals surface area contributed by atoms with Crippen molar-refractivity contribution in [1.82, 2.24) is 15.1 Å². The Balaban J connectivity index is 1.53. The number of hydrogen-bond acceptors (Lipinski definition) is 4. The number of rotatable bonds is 5. The molecule has 1 amide bonds. The maximum atomic E-state index is 13.3. The van der Waals surface area contributed by atoms with Crippen LogP contribution in [0.1, 0.15) is 36.8 Å². The van der Waals surface area contributed by atoms with E-state index in [-0.39, 0.29) is 11.9 Å².